The lowest BCUT2D eigenvalue weighted by Crippen LogP contribution is -2.17. The first-order valence-corrected chi connectivity index (χ1v) is 9.88. The number of hydrogen-bond donors (Lipinski definition) is 0. The minimum Gasteiger partial charge on any atom is -0.492 e. The fraction of sp³-hybridized carbons (Fsp3) is 0.240. The molecule has 0 fully saturated rings. The molecule has 0 amide bonds. The van der Waals surface area contributed by atoms with Gasteiger partial charge in [-0.2, -0.15) is 5.26 Å². The van der Waals surface area contributed by atoms with E-state index in [1.165, 1.54) is 0 Å². The molecule has 150 valence electrons. The molecule has 0 unspecified atom stereocenters. The zero-order valence-electron chi connectivity index (χ0n) is 17.2. The second kappa shape index (κ2) is 8.00. The number of carbonyl (C=O) groups excluding carboxylic acids is 1. The number of aromatic nitrogens is 1. The van der Waals surface area contributed by atoms with Gasteiger partial charge in [-0.1, -0.05) is 12.1 Å². The highest BCUT2D eigenvalue weighted by molar-refractivity contribution is 6.00. The summed E-state index contributed by atoms with van der Waals surface area (Å²) in [5.74, 6) is 1.35. The zero-order valence-corrected chi connectivity index (χ0v) is 17.2. The van der Waals surface area contributed by atoms with Crippen LogP contribution in [0.2, 0.25) is 0 Å². The first-order chi connectivity index (χ1) is 14.5. The number of hydrogen-bond acceptors (Lipinski definition) is 5. The first-order valence-electron chi connectivity index (χ1n) is 9.88. The molecule has 4 rings (SSSR count). The molecule has 1 aromatic heterocycles. The number of benzene rings is 2. The molecule has 0 bridgehead atoms. The van der Waals surface area contributed by atoms with Crippen LogP contribution in [0.5, 0.6) is 11.5 Å². The topological polar surface area (TPSA) is 72.2 Å². The molecule has 2 heterocycles. The number of Topliss-reactive ketones (excluding diaryl/α,β-unsaturated/α-hetero) is 1. The van der Waals surface area contributed by atoms with E-state index in [-0.39, 0.29) is 5.78 Å². The molecule has 30 heavy (non-hydrogen) atoms. The Bertz CT molecular complexity index is 1140. The molecule has 0 spiro atoms. The summed E-state index contributed by atoms with van der Waals surface area (Å²) < 4.78 is 12.3. The van der Waals surface area contributed by atoms with Gasteiger partial charge < -0.3 is 9.47 Å². The summed E-state index contributed by atoms with van der Waals surface area (Å²) in [6.45, 7) is 6.20. The van der Waals surface area contributed by atoms with Crippen LogP contribution in [0, 0.1) is 32.1 Å². The van der Waals surface area contributed by atoms with E-state index in [0.29, 0.717) is 35.7 Å². The van der Waals surface area contributed by atoms with E-state index in [1.807, 2.05) is 51.1 Å². The number of pyridine rings is 1. The molecule has 0 N–H and O–H groups in total. The van der Waals surface area contributed by atoms with Crippen LogP contribution in [-0.4, -0.2) is 17.4 Å². The average molecular weight is 398 g/mol. The lowest BCUT2D eigenvalue weighted by atomic mass is 9.98. The third-order valence-electron chi connectivity index (χ3n) is 5.23. The largest absolute Gasteiger partial charge is 0.492 e. The number of ether oxygens (including phenoxy) is 2. The summed E-state index contributed by atoms with van der Waals surface area (Å²) in [5, 5.41) is 9.13. The van der Waals surface area contributed by atoms with Crippen LogP contribution in [0.25, 0.3) is 0 Å². The summed E-state index contributed by atoms with van der Waals surface area (Å²) in [5.41, 5.74) is 5.72. The molecule has 3 aromatic rings. The maximum absolute atomic E-state index is 12.2. The van der Waals surface area contributed by atoms with Crippen LogP contribution in [0.3, 0.4) is 0 Å². The highest BCUT2D eigenvalue weighted by Gasteiger charge is 2.24. The van der Waals surface area contributed by atoms with Gasteiger partial charge in [-0.05, 0) is 62.7 Å². The van der Waals surface area contributed by atoms with Crippen LogP contribution in [0.15, 0.2) is 48.5 Å². The van der Waals surface area contributed by atoms with Gasteiger partial charge in [0.15, 0.2) is 5.78 Å². The maximum Gasteiger partial charge on any atom is 0.170 e. The minimum atomic E-state index is -0.394. The molecule has 1 atom stereocenters. The van der Waals surface area contributed by atoms with Crippen LogP contribution in [-0.2, 0) is 0 Å². The van der Waals surface area contributed by atoms with Crippen molar-refractivity contribution in [3.05, 3.63) is 87.7 Å². The Kier molecular flexibility index (Phi) is 5.24. The third-order valence-corrected chi connectivity index (χ3v) is 5.23. The summed E-state index contributed by atoms with van der Waals surface area (Å²) in [6, 6.07) is 17.1. The second-order valence-electron chi connectivity index (χ2n) is 7.50. The van der Waals surface area contributed by atoms with Gasteiger partial charge in [0.1, 0.15) is 17.6 Å². The van der Waals surface area contributed by atoms with E-state index < -0.39 is 6.10 Å². The molecule has 5 heteroatoms. The second-order valence-corrected chi connectivity index (χ2v) is 7.50. The molecule has 2 aromatic carbocycles. The predicted molar refractivity (Wildman–Crippen MR) is 113 cm³/mol. The molecule has 5 nitrogen and oxygen atoms in total. The van der Waals surface area contributed by atoms with E-state index in [9.17, 15) is 4.79 Å². The highest BCUT2D eigenvalue weighted by atomic mass is 16.5. The van der Waals surface area contributed by atoms with Crippen molar-refractivity contribution in [3.63, 3.8) is 0 Å². The molecular formula is C25H22N2O3. The van der Waals surface area contributed by atoms with Gasteiger partial charge in [-0.25, -0.2) is 0 Å². The Balaban J connectivity index is 1.78. The van der Waals surface area contributed by atoms with E-state index in [4.69, 9.17) is 14.7 Å². The molecule has 0 saturated heterocycles. The Morgan fingerprint density at radius 2 is 1.73 bits per heavy atom. The van der Waals surface area contributed by atoms with Crippen molar-refractivity contribution in [1.29, 1.82) is 5.26 Å². The minimum absolute atomic E-state index is 0.0925. The van der Waals surface area contributed by atoms with Crippen molar-refractivity contribution in [1.82, 2.24) is 4.98 Å². The van der Waals surface area contributed by atoms with Crippen molar-refractivity contribution < 1.29 is 14.3 Å². The van der Waals surface area contributed by atoms with Crippen molar-refractivity contribution in [3.8, 4) is 17.6 Å². The number of aryl methyl sites for hydroxylation is 2. The van der Waals surface area contributed by atoms with Gasteiger partial charge in [0, 0.05) is 28.9 Å². The van der Waals surface area contributed by atoms with Gasteiger partial charge in [0.05, 0.1) is 23.8 Å². The Morgan fingerprint density at radius 3 is 2.40 bits per heavy atom. The van der Waals surface area contributed by atoms with E-state index in [2.05, 4.69) is 11.1 Å². The molecule has 0 aliphatic carbocycles. The fourth-order valence-corrected chi connectivity index (χ4v) is 3.79. The number of rotatable bonds is 4. The lowest BCUT2D eigenvalue weighted by molar-refractivity contribution is 0.0932. The van der Waals surface area contributed by atoms with E-state index in [1.54, 1.807) is 18.2 Å². The van der Waals surface area contributed by atoms with Crippen molar-refractivity contribution in [2.45, 2.75) is 33.3 Å². The Hall–Kier alpha value is -3.65. The van der Waals surface area contributed by atoms with E-state index >= 15 is 0 Å². The standard InChI is InChI=1S/C25H22N2O3/c1-15-12-20(13-16(2)27-15)25(19-6-4-18(14-26)5-7-19)30-23-9-8-21-22(28)10-11-29-24(21)17(23)3/h4-9,12-13,25H,10-11H2,1-3H3/t25-/m1/s1. The van der Waals surface area contributed by atoms with Crippen LogP contribution in [0.4, 0.5) is 0 Å². The summed E-state index contributed by atoms with van der Waals surface area (Å²) in [4.78, 5) is 16.7. The van der Waals surface area contributed by atoms with Gasteiger partial charge in [0.25, 0.3) is 0 Å². The smallest absolute Gasteiger partial charge is 0.170 e. The van der Waals surface area contributed by atoms with Crippen LogP contribution < -0.4 is 9.47 Å². The quantitative estimate of drug-likeness (QED) is 0.618. The fourth-order valence-electron chi connectivity index (χ4n) is 3.79. The van der Waals surface area contributed by atoms with Gasteiger partial charge >= 0.3 is 0 Å². The lowest BCUT2D eigenvalue weighted by Gasteiger charge is -2.25. The highest BCUT2D eigenvalue weighted by Crippen LogP contribution is 2.38. The van der Waals surface area contributed by atoms with Gasteiger partial charge in [-0.3, -0.25) is 9.78 Å². The van der Waals surface area contributed by atoms with E-state index in [0.717, 1.165) is 28.1 Å². The molecule has 0 saturated carbocycles. The van der Waals surface area contributed by atoms with Crippen LogP contribution in [0.1, 0.15) is 56.5 Å². The molecule has 1 aliphatic heterocycles. The van der Waals surface area contributed by atoms with Gasteiger partial charge in [0.2, 0.25) is 0 Å². The summed E-state index contributed by atoms with van der Waals surface area (Å²) in [6.07, 6.45) is 0.00461. The van der Waals surface area contributed by atoms with Crippen molar-refractivity contribution >= 4 is 5.78 Å². The SMILES string of the molecule is Cc1cc([C@H](Oc2ccc3c(c2C)OCCC3=O)c2ccc(C#N)cc2)cc(C)n1. The first kappa shape index (κ1) is 19.7. The molecule has 0 radical (unpaired) electrons. The monoisotopic (exact) mass is 398 g/mol. The van der Waals surface area contributed by atoms with Crippen molar-refractivity contribution in [2.24, 2.45) is 0 Å². The number of ketones is 1. The summed E-state index contributed by atoms with van der Waals surface area (Å²) in [7, 11) is 0. The number of carbonyl (C=O) groups is 1. The normalized spacial score (nSPS) is 13.7. The predicted octanol–water partition coefficient (Wildman–Crippen LogP) is 5.01. The Labute approximate surface area is 175 Å². The zero-order chi connectivity index (χ0) is 21.3. The molecule has 1 aliphatic rings. The third kappa shape index (κ3) is 3.77. The van der Waals surface area contributed by atoms with Crippen LogP contribution >= 0.6 is 0 Å². The number of nitrogens with zero attached hydrogens (tertiary/aromatic N) is 2. The van der Waals surface area contributed by atoms with Gasteiger partial charge in [-0.15, -0.1) is 0 Å². The molecular weight excluding hydrogens is 376 g/mol. The number of nitriles is 1. The Morgan fingerprint density at radius 1 is 1.03 bits per heavy atom. The maximum atomic E-state index is 12.2. The number of fused-ring (bicyclic) bond motifs is 1. The summed E-state index contributed by atoms with van der Waals surface area (Å²) >= 11 is 0. The van der Waals surface area contributed by atoms with Crippen molar-refractivity contribution in [2.75, 3.05) is 6.61 Å². The average Bonchev–Trinajstić information content (AvgIpc) is 2.73.